The Morgan fingerprint density at radius 1 is 1.17 bits per heavy atom. The van der Waals surface area contributed by atoms with Crippen LogP contribution in [0.5, 0.6) is 0 Å². The molecule has 0 aliphatic carbocycles. The lowest BCUT2D eigenvalue weighted by atomic mass is 10.2. The highest BCUT2D eigenvalue weighted by Crippen LogP contribution is 2.17. The first-order valence-electron chi connectivity index (χ1n) is 8.06. The van der Waals surface area contributed by atoms with Crippen LogP contribution < -0.4 is 5.32 Å². The van der Waals surface area contributed by atoms with Crippen molar-refractivity contribution in [2.75, 3.05) is 12.3 Å². The lowest BCUT2D eigenvalue weighted by Crippen LogP contribution is -2.32. The van der Waals surface area contributed by atoms with E-state index >= 15 is 0 Å². The van der Waals surface area contributed by atoms with Crippen molar-refractivity contribution >= 4 is 28.7 Å². The van der Waals surface area contributed by atoms with E-state index in [9.17, 15) is 4.79 Å². The summed E-state index contributed by atoms with van der Waals surface area (Å²) in [5.41, 5.74) is 3.21. The molecule has 0 spiro atoms. The number of carbonyl (C=O) groups is 1. The summed E-state index contributed by atoms with van der Waals surface area (Å²) in [4.78, 5) is 16.7. The van der Waals surface area contributed by atoms with E-state index in [1.807, 2.05) is 53.6 Å². The highest BCUT2D eigenvalue weighted by molar-refractivity contribution is 7.98. The van der Waals surface area contributed by atoms with Crippen LogP contribution >= 0.6 is 11.8 Å². The largest absolute Gasteiger partial charge is 0.353 e. The number of fused-ring (bicyclic) bond motifs is 1. The molecule has 0 bridgehead atoms. The first-order valence-corrected chi connectivity index (χ1v) is 9.22. The Balaban J connectivity index is 1.46. The van der Waals surface area contributed by atoms with Crippen molar-refractivity contribution in [3.63, 3.8) is 0 Å². The van der Waals surface area contributed by atoms with Crippen LogP contribution in [0.4, 0.5) is 0 Å². The number of carbonyl (C=O) groups excluding carboxylic acids is 1. The van der Waals surface area contributed by atoms with Crippen LogP contribution in [-0.2, 0) is 10.5 Å². The van der Waals surface area contributed by atoms with Gasteiger partial charge in [-0.15, -0.1) is 0 Å². The number of amides is 1. The molecule has 0 aliphatic heterocycles. The number of para-hydroxylation sites is 2. The summed E-state index contributed by atoms with van der Waals surface area (Å²) in [6.07, 6.45) is 1.74. The Labute approximate surface area is 146 Å². The van der Waals surface area contributed by atoms with E-state index in [-0.39, 0.29) is 11.9 Å². The number of hydrogen-bond donors (Lipinski definition) is 1. The Morgan fingerprint density at radius 2 is 1.92 bits per heavy atom. The van der Waals surface area contributed by atoms with Gasteiger partial charge in [-0.2, -0.15) is 11.8 Å². The minimum absolute atomic E-state index is 0.0264. The van der Waals surface area contributed by atoms with E-state index in [1.165, 1.54) is 5.56 Å². The molecule has 24 heavy (non-hydrogen) atoms. The molecule has 1 aromatic heterocycles. The van der Waals surface area contributed by atoms with Gasteiger partial charge in [0, 0.05) is 18.1 Å². The average Bonchev–Trinajstić information content (AvgIpc) is 3.05. The minimum Gasteiger partial charge on any atom is -0.353 e. The molecule has 1 atom stereocenters. The van der Waals surface area contributed by atoms with Crippen LogP contribution in [-0.4, -0.2) is 27.8 Å². The van der Waals surface area contributed by atoms with E-state index in [0.717, 1.165) is 22.5 Å². The summed E-state index contributed by atoms with van der Waals surface area (Å²) >= 11 is 1.83. The number of nitrogens with one attached hydrogen (secondary N) is 1. The van der Waals surface area contributed by atoms with Crippen LogP contribution in [0.1, 0.15) is 18.5 Å². The fraction of sp³-hybridized carbons (Fsp3) is 0.263. The van der Waals surface area contributed by atoms with Gasteiger partial charge in [-0.25, -0.2) is 4.98 Å². The molecule has 2 aromatic carbocycles. The van der Waals surface area contributed by atoms with E-state index < -0.39 is 0 Å². The second-order valence-corrected chi connectivity index (χ2v) is 6.75. The van der Waals surface area contributed by atoms with E-state index in [2.05, 4.69) is 34.6 Å². The van der Waals surface area contributed by atoms with Gasteiger partial charge in [0.1, 0.15) is 6.04 Å². The molecule has 3 aromatic rings. The maximum Gasteiger partial charge on any atom is 0.242 e. The van der Waals surface area contributed by atoms with E-state index in [0.29, 0.717) is 6.54 Å². The summed E-state index contributed by atoms with van der Waals surface area (Å²) < 4.78 is 1.92. The molecule has 5 heteroatoms. The van der Waals surface area contributed by atoms with E-state index in [4.69, 9.17) is 0 Å². The monoisotopic (exact) mass is 339 g/mol. The third kappa shape index (κ3) is 3.97. The highest BCUT2D eigenvalue weighted by atomic mass is 32.2. The third-order valence-corrected chi connectivity index (χ3v) is 4.97. The topological polar surface area (TPSA) is 46.9 Å². The predicted octanol–water partition coefficient (Wildman–Crippen LogP) is 3.65. The standard InChI is InChI=1S/C19H21N3OS/c1-15(22-14-21-17-9-5-6-10-18(17)22)19(23)20-11-12-24-13-16-7-3-2-4-8-16/h2-10,14-15H,11-13H2,1H3,(H,20,23). The number of nitrogens with zero attached hydrogens (tertiary/aromatic N) is 2. The molecule has 0 fully saturated rings. The summed E-state index contributed by atoms with van der Waals surface area (Å²) in [6, 6.07) is 18.0. The van der Waals surface area contributed by atoms with Crippen molar-refractivity contribution in [2.45, 2.75) is 18.7 Å². The second-order valence-electron chi connectivity index (χ2n) is 5.65. The van der Waals surface area contributed by atoms with Gasteiger partial charge in [0.25, 0.3) is 0 Å². The summed E-state index contributed by atoms with van der Waals surface area (Å²) in [6.45, 7) is 2.58. The molecule has 124 valence electrons. The molecular weight excluding hydrogens is 318 g/mol. The van der Waals surface area contributed by atoms with Crippen molar-refractivity contribution in [1.29, 1.82) is 0 Å². The Bertz CT molecular complexity index is 800. The molecular formula is C19H21N3OS. The fourth-order valence-corrected chi connectivity index (χ4v) is 3.39. The normalized spacial score (nSPS) is 12.2. The van der Waals surface area contributed by atoms with Crippen molar-refractivity contribution in [1.82, 2.24) is 14.9 Å². The average molecular weight is 339 g/mol. The van der Waals surface area contributed by atoms with Gasteiger partial charge in [0.2, 0.25) is 5.91 Å². The summed E-state index contributed by atoms with van der Waals surface area (Å²) in [7, 11) is 0. The Morgan fingerprint density at radius 3 is 2.75 bits per heavy atom. The number of aromatic nitrogens is 2. The van der Waals surface area contributed by atoms with Crippen LogP contribution in [0.25, 0.3) is 11.0 Å². The van der Waals surface area contributed by atoms with Crippen molar-refractivity contribution in [3.8, 4) is 0 Å². The minimum atomic E-state index is -0.267. The fourth-order valence-electron chi connectivity index (χ4n) is 2.57. The Kier molecular flexibility index (Phi) is 5.54. The SMILES string of the molecule is CC(C(=O)NCCSCc1ccccc1)n1cnc2ccccc21. The molecule has 0 radical (unpaired) electrons. The smallest absolute Gasteiger partial charge is 0.242 e. The number of imidazole rings is 1. The van der Waals surface area contributed by atoms with E-state index in [1.54, 1.807) is 6.33 Å². The second kappa shape index (κ2) is 8.02. The Hall–Kier alpha value is -2.27. The van der Waals surface area contributed by atoms with Crippen LogP contribution in [0.15, 0.2) is 60.9 Å². The molecule has 3 rings (SSSR count). The lowest BCUT2D eigenvalue weighted by Gasteiger charge is -2.14. The number of hydrogen-bond acceptors (Lipinski definition) is 3. The quantitative estimate of drug-likeness (QED) is 0.669. The molecule has 1 unspecified atom stereocenters. The number of benzene rings is 2. The molecule has 1 N–H and O–H groups in total. The third-order valence-electron chi connectivity index (χ3n) is 3.94. The first-order chi connectivity index (χ1) is 11.8. The zero-order valence-corrected chi connectivity index (χ0v) is 14.5. The predicted molar refractivity (Wildman–Crippen MR) is 100 cm³/mol. The van der Waals surface area contributed by atoms with Gasteiger partial charge >= 0.3 is 0 Å². The lowest BCUT2D eigenvalue weighted by molar-refractivity contribution is -0.123. The van der Waals surface area contributed by atoms with Gasteiger partial charge in [-0.05, 0) is 24.6 Å². The summed E-state index contributed by atoms with van der Waals surface area (Å²) in [5.74, 6) is 1.90. The van der Waals surface area contributed by atoms with Crippen LogP contribution in [0, 0.1) is 0 Å². The highest BCUT2D eigenvalue weighted by Gasteiger charge is 2.16. The maximum atomic E-state index is 12.3. The molecule has 1 heterocycles. The van der Waals surface area contributed by atoms with Gasteiger partial charge in [-0.3, -0.25) is 4.79 Å². The maximum absolute atomic E-state index is 12.3. The van der Waals surface area contributed by atoms with Crippen molar-refractivity contribution in [2.24, 2.45) is 0 Å². The van der Waals surface area contributed by atoms with Crippen LogP contribution in [0.2, 0.25) is 0 Å². The number of thioether (sulfide) groups is 1. The van der Waals surface area contributed by atoms with Gasteiger partial charge in [-0.1, -0.05) is 42.5 Å². The molecule has 0 aliphatic rings. The molecule has 0 saturated heterocycles. The molecule has 1 amide bonds. The van der Waals surface area contributed by atoms with Crippen LogP contribution in [0.3, 0.4) is 0 Å². The molecule has 4 nitrogen and oxygen atoms in total. The first kappa shape index (κ1) is 16.6. The van der Waals surface area contributed by atoms with Crippen molar-refractivity contribution in [3.05, 3.63) is 66.5 Å². The van der Waals surface area contributed by atoms with Gasteiger partial charge in [0.05, 0.1) is 17.4 Å². The van der Waals surface area contributed by atoms with Gasteiger partial charge in [0.15, 0.2) is 0 Å². The van der Waals surface area contributed by atoms with Gasteiger partial charge < -0.3 is 9.88 Å². The zero-order valence-electron chi connectivity index (χ0n) is 13.7. The zero-order chi connectivity index (χ0) is 16.8. The van der Waals surface area contributed by atoms with Crippen molar-refractivity contribution < 1.29 is 4.79 Å². The summed E-state index contributed by atoms with van der Waals surface area (Å²) in [5, 5.41) is 3.01. The molecule has 0 saturated carbocycles. The number of rotatable bonds is 7.